The zero-order valence-electron chi connectivity index (χ0n) is 11.4. The molecular formula is C14H30. The van der Waals surface area contributed by atoms with Gasteiger partial charge in [0, 0.05) is 0 Å². The van der Waals surface area contributed by atoms with Gasteiger partial charge in [0.1, 0.15) is 0 Å². The molecule has 0 aliphatic rings. The lowest BCUT2D eigenvalue weighted by molar-refractivity contribution is 0.955. The first-order chi connectivity index (χ1) is 6.58. The summed E-state index contributed by atoms with van der Waals surface area (Å²) < 4.78 is 0. The van der Waals surface area contributed by atoms with Crippen LogP contribution in [-0.4, -0.2) is 0 Å². The van der Waals surface area contributed by atoms with Crippen LogP contribution < -0.4 is 0 Å². The van der Waals surface area contributed by atoms with Gasteiger partial charge in [-0.1, -0.05) is 51.8 Å². The second kappa shape index (κ2) is 18.3. The smallest absolute Gasteiger partial charge is 0.0349 e. The van der Waals surface area contributed by atoms with Crippen LogP contribution in [-0.2, 0) is 0 Å². The Bertz CT molecular complexity index is 119. The zero-order valence-corrected chi connectivity index (χ0v) is 11.4. The molecule has 0 rings (SSSR count). The number of hydrogen-bond acceptors (Lipinski definition) is 0. The largest absolute Gasteiger partial charge is 0.100 e. The molecule has 0 heterocycles. The predicted octanol–water partition coefficient (Wildman–Crippen LogP) is 5.75. The molecule has 0 saturated heterocycles. The van der Waals surface area contributed by atoms with Gasteiger partial charge in [-0.05, 0) is 33.1 Å². The summed E-state index contributed by atoms with van der Waals surface area (Å²) in [7, 11) is 0. The van der Waals surface area contributed by atoms with Crippen LogP contribution in [0.4, 0.5) is 0 Å². The lowest BCUT2D eigenvalue weighted by Gasteiger charge is -1.95. The highest BCUT2D eigenvalue weighted by atomic mass is 13.9. The molecule has 14 heavy (non-hydrogen) atoms. The van der Waals surface area contributed by atoms with Crippen LogP contribution >= 0.6 is 0 Å². The van der Waals surface area contributed by atoms with Crippen molar-refractivity contribution in [3.8, 4) is 0 Å². The highest BCUT2D eigenvalue weighted by Gasteiger charge is 1.84. The highest BCUT2D eigenvalue weighted by Crippen LogP contribution is 2.05. The van der Waals surface area contributed by atoms with Crippen LogP contribution in [0.2, 0.25) is 0 Å². The summed E-state index contributed by atoms with van der Waals surface area (Å²) in [6.45, 7) is 18.1. The van der Waals surface area contributed by atoms with Gasteiger partial charge >= 0.3 is 0 Å². The van der Waals surface area contributed by atoms with Crippen molar-refractivity contribution in [2.24, 2.45) is 0 Å². The fourth-order valence-corrected chi connectivity index (χ4v) is 0.827. The van der Waals surface area contributed by atoms with Crippen LogP contribution in [0.25, 0.3) is 0 Å². The van der Waals surface area contributed by atoms with Crippen molar-refractivity contribution in [3.05, 3.63) is 23.8 Å². The van der Waals surface area contributed by atoms with Gasteiger partial charge in [0.05, 0.1) is 0 Å². The second-order valence-corrected chi connectivity index (χ2v) is 3.18. The summed E-state index contributed by atoms with van der Waals surface area (Å²) >= 11 is 0. The van der Waals surface area contributed by atoms with Gasteiger partial charge < -0.3 is 0 Å². The van der Waals surface area contributed by atoms with Crippen molar-refractivity contribution in [1.29, 1.82) is 0 Å². The van der Waals surface area contributed by atoms with E-state index in [9.17, 15) is 0 Å². The fraction of sp³-hybridized carbons (Fsp3) is 0.714. The first-order valence-corrected chi connectivity index (χ1v) is 5.88. The first kappa shape index (κ1) is 19.1. The van der Waals surface area contributed by atoms with Gasteiger partial charge in [-0.25, -0.2) is 0 Å². The summed E-state index contributed by atoms with van der Waals surface area (Å²) in [6.07, 6.45) is 5.96. The maximum atomic E-state index is 3.56. The van der Waals surface area contributed by atoms with E-state index in [1.807, 2.05) is 27.7 Å². The lowest BCUT2D eigenvalue weighted by atomic mass is 10.1. The normalized spacial score (nSPS) is 7.36. The van der Waals surface area contributed by atoms with Crippen molar-refractivity contribution < 1.29 is 0 Å². The summed E-state index contributed by atoms with van der Waals surface area (Å²) in [4.78, 5) is 0. The molecule has 0 aromatic rings. The molecule has 0 nitrogen and oxygen atoms in total. The van der Waals surface area contributed by atoms with E-state index in [4.69, 9.17) is 0 Å². The third-order valence-electron chi connectivity index (χ3n) is 1.40. The van der Waals surface area contributed by atoms with E-state index in [0.29, 0.717) is 0 Å². The van der Waals surface area contributed by atoms with Crippen LogP contribution in [0.5, 0.6) is 0 Å². The predicted molar refractivity (Wildman–Crippen MR) is 70.8 cm³/mol. The third kappa shape index (κ3) is 30.0. The van der Waals surface area contributed by atoms with Crippen molar-refractivity contribution in [3.63, 3.8) is 0 Å². The maximum absolute atomic E-state index is 3.56. The Morgan fingerprint density at radius 2 is 1.29 bits per heavy atom. The molecule has 0 N–H and O–H groups in total. The van der Waals surface area contributed by atoms with Crippen LogP contribution in [0.3, 0.4) is 0 Å². The first-order valence-electron chi connectivity index (χ1n) is 5.88. The Balaban J connectivity index is -0.000000170. The summed E-state index contributed by atoms with van der Waals surface area (Å²) in [5.74, 6) is 0. The molecule has 0 amide bonds. The molecular weight excluding hydrogens is 168 g/mol. The van der Waals surface area contributed by atoms with E-state index in [2.05, 4.69) is 33.4 Å². The lowest BCUT2D eigenvalue weighted by Crippen LogP contribution is -1.74. The van der Waals surface area contributed by atoms with E-state index in [-0.39, 0.29) is 0 Å². The number of allylic oxidation sites excluding steroid dienone is 3. The Labute approximate surface area is 92.1 Å². The van der Waals surface area contributed by atoms with Crippen molar-refractivity contribution in [2.75, 3.05) is 0 Å². The molecule has 0 aliphatic carbocycles. The summed E-state index contributed by atoms with van der Waals surface area (Å²) in [5.41, 5.74) is 2.76. The second-order valence-electron chi connectivity index (χ2n) is 3.18. The minimum atomic E-state index is 1.17. The van der Waals surface area contributed by atoms with Crippen LogP contribution in [0, 0.1) is 0 Å². The van der Waals surface area contributed by atoms with E-state index in [0.717, 1.165) is 0 Å². The number of hydrogen-bond donors (Lipinski definition) is 0. The molecule has 0 radical (unpaired) electrons. The molecule has 0 spiro atoms. The molecule has 0 fully saturated rings. The van der Waals surface area contributed by atoms with Gasteiger partial charge in [0.15, 0.2) is 0 Å². The summed E-state index contributed by atoms with van der Waals surface area (Å²) in [5, 5.41) is 0. The highest BCUT2D eigenvalue weighted by molar-refractivity contribution is 4.99. The van der Waals surface area contributed by atoms with Gasteiger partial charge in [-0.2, -0.15) is 0 Å². The number of rotatable bonds is 3. The molecule has 0 aliphatic heterocycles. The Morgan fingerprint density at radius 3 is 1.36 bits per heavy atom. The standard InChI is InChI=1S/C8H16.C4H8.C2H6/c1-4-7-8(5-2)6-3;1-4(2)3;1-2/h7H,4-6H2,1-3H3;1H2,2-3H3;1-2H3. The average molecular weight is 198 g/mol. The quantitative estimate of drug-likeness (QED) is 0.506. The van der Waals surface area contributed by atoms with Crippen LogP contribution in [0.1, 0.15) is 67.7 Å². The van der Waals surface area contributed by atoms with Crippen molar-refractivity contribution in [1.82, 2.24) is 0 Å². The van der Waals surface area contributed by atoms with Crippen molar-refractivity contribution in [2.45, 2.75) is 67.7 Å². The Hall–Kier alpha value is -0.520. The molecule has 0 aromatic heterocycles. The van der Waals surface area contributed by atoms with E-state index >= 15 is 0 Å². The molecule has 0 bridgehead atoms. The monoisotopic (exact) mass is 198 g/mol. The molecule has 0 unspecified atom stereocenters. The van der Waals surface area contributed by atoms with E-state index in [1.165, 1.54) is 24.8 Å². The van der Waals surface area contributed by atoms with Gasteiger partial charge in [0.25, 0.3) is 0 Å². The topological polar surface area (TPSA) is 0 Å². The minimum absolute atomic E-state index is 1.17. The van der Waals surface area contributed by atoms with Gasteiger partial charge in [-0.15, -0.1) is 6.58 Å². The average Bonchev–Trinajstić information content (AvgIpc) is 2.16. The van der Waals surface area contributed by atoms with Gasteiger partial charge in [-0.3, -0.25) is 0 Å². The molecule has 0 atom stereocenters. The van der Waals surface area contributed by atoms with E-state index < -0.39 is 0 Å². The minimum Gasteiger partial charge on any atom is -0.100 e. The Kier molecular flexibility index (Phi) is 25.0. The summed E-state index contributed by atoms with van der Waals surface area (Å²) in [6, 6.07) is 0. The third-order valence-corrected chi connectivity index (χ3v) is 1.40. The zero-order chi connectivity index (χ0) is 12.0. The molecule has 86 valence electrons. The molecule has 0 heteroatoms. The van der Waals surface area contributed by atoms with Gasteiger partial charge in [0.2, 0.25) is 0 Å². The fourth-order valence-electron chi connectivity index (χ4n) is 0.827. The molecule has 0 saturated carbocycles. The molecule has 0 aromatic carbocycles. The SMILES string of the molecule is C=C(C)C.CC.CCC=C(CC)CC. The van der Waals surface area contributed by atoms with Crippen LogP contribution in [0.15, 0.2) is 23.8 Å². The van der Waals surface area contributed by atoms with Crippen molar-refractivity contribution >= 4 is 0 Å². The Morgan fingerprint density at radius 1 is 1.00 bits per heavy atom. The maximum Gasteiger partial charge on any atom is -0.0349 e. The van der Waals surface area contributed by atoms with E-state index in [1.54, 1.807) is 5.57 Å².